The highest BCUT2D eigenvalue weighted by molar-refractivity contribution is 7.98. The lowest BCUT2D eigenvalue weighted by molar-refractivity contribution is 0.243. The van der Waals surface area contributed by atoms with Crippen LogP contribution in [0, 0.1) is 0 Å². The average Bonchev–Trinajstić information content (AvgIpc) is 3.47. The van der Waals surface area contributed by atoms with Crippen LogP contribution in [0.1, 0.15) is 54.7 Å². The van der Waals surface area contributed by atoms with Crippen LogP contribution in [0.25, 0.3) is 11.1 Å². The van der Waals surface area contributed by atoms with Gasteiger partial charge in [-0.25, -0.2) is 22.9 Å². The molecule has 0 spiro atoms. The molecule has 5 rings (SSSR count). The Morgan fingerprint density at radius 3 is 2.05 bits per heavy atom. The highest BCUT2D eigenvalue weighted by atomic mass is 32.2. The molecule has 0 radical (unpaired) electrons. The van der Waals surface area contributed by atoms with Crippen molar-refractivity contribution in [3.05, 3.63) is 138 Å². The number of nitrogens with zero attached hydrogens (tertiary/aromatic N) is 2. The van der Waals surface area contributed by atoms with E-state index in [4.69, 9.17) is 4.98 Å². The zero-order chi connectivity index (χ0) is 31.1. The minimum absolute atomic E-state index is 0.0251. The molecule has 0 aliphatic heterocycles. The van der Waals surface area contributed by atoms with E-state index in [9.17, 15) is 13.2 Å². The van der Waals surface area contributed by atoms with Crippen molar-refractivity contribution in [1.82, 2.24) is 19.6 Å². The van der Waals surface area contributed by atoms with E-state index >= 15 is 0 Å². The Labute approximate surface area is 263 Å². The summed E-state index contributed by atoms with van der Waals surface area (Å²) in [6, 6.07) is 32.1. The third kappa shape index (κ3) is 7.23. The number of carbonyl (C=O) groups is 1. The summed E-state index contributed by atoms with van der Waals surface area (Å²) in [6.07, 6.45) is 5.11. The van der Waals surface area contributed by atoms with Crippen molar-refractivity contribution in [2.75, 3.05) is 6.26 Å². The Morgan fingerprint density at radius 1 is 0.864 bits per heavy atom. The van der Waals surface area contributed by atoms with Crippen molar-refractivity contribution >= 4 is 27.8 Å². The third-order valence-corrected chi connectivity index (χ3v) is 9.61. The number of imidazole rings is 1. The van der Waals surface area contributed by atoms with Gasteiger partial charge < -0.3 is 9.88 Å². The first-order valence-corrected chi connectivity index (χ1v) is 17.2. The van der Waals surface area contributed by atoms with Gasteiger partial charge >= 0.3 is 6.03 Å². The van der Waals surface area contributed by atoms with E-state index in [0.717, 1.165) is 39.5 Å². The second-order valence-electron chi connectivity index (χ2n) is 10.6. The topological polar surface area (TPSA) is 93.1 Å². The SMILES string of the molecule is CCC(C)c1nc(SC)cn1Cc1ccc(-c2ccccc2S(=O)(=O)NC(=O)NC(c2ccccc2)c2ccccc2)cc1. The fourth-order valence-electron chi connectivity index (χ4n) is 5.12. The number of thioether (sulfide) groups is 1. The predicted octanol–water partition coefficient (Wildman–Crippen LogP) is 7.61. The number of sulfonamides is 1. The second-order valence-corrected chi connectivity index (χ2v) is 13.1. The molecule has 1 heterocycles. The molecule has 4 aromatic carbocycles. The highest BCUT2D eigenvalue weighted by Crippen LogP contribution is 2.29. The summed E-state index contributed by atoms with van der Waals surface area (Å²) >= 11 is 1.63. The normalized spacial score (nSPS) is 12.2. The Kier molecular flexibility index (Phi) is 9.87. The molecule has 226 valence electrons. The number of hydrogen-bond acceptors (Lipinski definition) is 5. The van der Waals surface area contributed by atoms with Gasteiger partial charge in [0.15, 0.2) is 0 Å². The van der Waals surface area contributed by atoms with Crippen molar-refractivity contribution < 1.29 is 13.2 Å². The van der Waals surface area contributed by atoms with Gasteiger partial charge in [-0.3, -0.25) is 0 Å². The molecule has 2 amide bonds. The summed E-state index contributed by atoms with van der Waals surface area (Å²) < 4.78 is 31.6. The van der Waals surface area contributed by atoms with Crippen LogP contribution in [-0.4, -0.2) is 30.3 Å². The standard InChI is InChI=1S/C35H36N4O3S2/c1-4-25(2)34-36-32(43-3)24-39(34)23-26-19-21-27(22-20-26)30-17-11-12-18-31(30)44(41,42)38-35(40)37-33(28-13-7-5-8-14-28)29-15-9-6-10-16-29/h5-22,24-25,33H,4,23H2,1-3H3,(H2,37,38,40). The lowest BCUT2D eigenvalue weighted by Gasteiger charge is -2.20. The van der Waals surface area contributed by atoms with Crippen LogP contribution in [0.5, 0.6) is 0 Å². The minimum atomic E-state index is -4.20. The van der Waals surface area contributed by atoms with Gasteiger partial charge in [0.25, 0.3) is 10.0 Å². The number of carbonyl (C=O) groups excluding carboxylic acids is 1. The van der Waals surface area contributed by atoms with Crippen LogP contribution >= 0.6 is 11.8 Å². The first kappa shape index (κ1) is 31.1. The molecular formula is C35H36N4O3S2. The van der Waals surface area contributed by atoms with E-state index in [1.54, 1.807) is 30.0 Å². The van der Waals surface area contributed by atoms with Crippen molar-refractivity contribution in [1.29, 1.82) is 0 Å². The molecule has 0 bridgehead atoms. The van der Waals surface area contributed by atoms with Gasteiger partial charge in [-0.2, -0.15) is 0 Å². The van der Waals surface area contributed by atoms with Gasteiger partial charge in [0.05, 0.1) is 10.9 Å². The van der Waals surface area contributed by atoms with Crippen LogP contribution in [-0.2, 0) is 16.6 Å². The molecule has 9 heteroatoms. The Morgan fingerprint density at radius 2 is 1.45 bits per heavy atom. The lowest BCUT2D eigenvalue weighted by Crippen LogP contribution is -2.41. The van der Waals surface area contributed by atoms with E-state index < -0.39 is 22.1 Å². The van der Waals surface area contributed by atoms with Crippen molar-refractivity contribution in [2.24, 2.45) is 0 Å². The van der Waals surface area contributed by atoms with Gasteiger partial charge in [-0.05, 0) is 41.0 Å². The molecule has 0 fully saturated rings. The largest absolute Gasteiger partial charge is 0.329 e. The molecule has 0 saturated heterocycles. The van der Waals surface area contributed by atoms with Crippen LogP contribution in [0.15, 0.2) is 125 Å². The summed E-state index contributed by atoms with van der Waals surface area (Å²) in [4.78, 5) is 18.0. The number of nitrogens with one attached hydrogen (secondary N) is 2. The van der Waals surface area contributed by atoms with E-state index in [1.807, 2.05) is 91.2 Å². The second kappa shape index (κ2) is 14.0. The highest BCUT2D eigenvalue weighted by Gasteiger charge is 2.24. The maximum absolute atomic E-state index is 13.6. The maximum Gasteiger partial charge on any atom is 0.329 e. The van der Waals surface area contributed by atoms with Crippen LogP contribution in [0.4, 0.5) is 4.79 Å². The van der Waals surface area contributed by atoms with Crippen molar-refractivity contribution in [3.8, 4) is 11.1 Å². The molecule has 1 unspecified atom stereocenters. The number of amides is 2. The maximum atomic E-state index is 13.6. The fraction of sp³-hybridized carbons (Fsp3) is 0.200. The molecule has 1 atom stereocenters. The van der Waals surface area contributed by atoms with Crippen LogP contribution < -0.4 is 10.0 Å². The zero-order valence-corrected chi connectivity index (χ0v) is 26.6. The molecule has 5 aromatic rings. The number of benzene rings is 4. The van der Waals surface area contributed by atoms with E-state index in [2.05, 4.69) is 34.7 Å². The van der Waals surface area contributed by atoms with Gasteiger partial charge in [0.1, 0.15) is 10.9 Å². The van der Waals surface area contributed by atoms with Gasteiger partial charge in [0, 0.05) is 24.2 Å². The predicted molar refractivity (Wildman–Crippen MR) is 177 cm³/mol. The quantitative estimate of drug-likeness (QED) is 0.148. The third-order valence-electron chi connectivity index (χ3n) is 7.61. The summed E-state index contributed by atoms with van der Waals surface area (Å²) in [6.45, 7) is 5.01. The number of urea groups is 1. The average molecular weight is 625 g/mol. The lowest BCUT2D eigenvalue weighted by atomic mass is 9.99. The molecule has 44 heavy (non-hydrogen) atoms. The number of aromatic nitrogens is 2. The zero-order valence-electron chi connectivity index (χ0n) is 25.0. The molecule has 0 saturated carbocycles. The molecule has 1 aromatic heterocycles. The summed E-state index contributed by atoms with van der Waals surface area (Å²) in [5, 5.41) is 3.84. The molecule has 7 nitrogen and oxygen atoms in total. The summed E-state index contributed by atoms with van der Waals surface area (Å²) in [5.74, 6) is 1.40. The first-order valence-electron chi connectivity index (χ1n) is 14.5. The molecule has 0 aliphatic rings. The summed E-state index contributed by atoms with van der Waals surface area (Å²) in [5.41, 5.74) is 3.99. The van der Waals surface area contributed by atoms with E-state index in [0.29, 0.717) is 18.0 Å². The fourth-order valence-corrected chi connectivity index (χ4v) is 6.68. The Balaban J connectivity index is 1.36. The van der Waals surface area contributed by atoms with Crippen molar-refractivity contribution in [2.45, 2.75) is 48.7 Å². The van der Waals surface area contributed by atoms with Gasteiger partial charge in [-0.1, -0.05) is 117 Å². The summed E-state index contributed by atoms with van der Waals surface area (Å²) in [7, 11) is -4.20. The molecule has 2 N–H and O–H groups in total. The van der Waals surface area contributed by atoms with Crippen molar-refractivity contribution in [3.63, 3.8) is 0 Å². The van der Waals surface area contributed by atoms with Crippen LogP contribution in [0.3, 0.4) is 0 Å². The smallest absolute Gasteiger partial charge is 0.329 e. The Bertz CT molecular complexity index is 1770. The van der Waals surface area contributed by atoms with E-state index in [1.165, 1.54) is 6.07 Å². The Hall–Kier alpha value is -4.34. The number of hydrogen-bond donors (Lipinski definition) is 2. The van der Waals surface area contributed by atoms with Crippen LogP contribution in [0.2, 0.25) is 0 Å². The van der Waals surface area contributed by atoms with Gasteiger partial charge in [0.2, 0.25) is 0 Å². The van der Waals surface area contributed by atoms with Gasteiger partial charge in [-0.15, -0.1) is 11.8 Å². The number of rotatable bonds is 11. The first-order chi connectivity index (χ1) is 21.3. The van der Waals surface area contributed by atoms with E-state index in [-0.39, 0.29) is 4.90 Å². The molecule has 0 aliphatic carbocycles. The monoisotopic (exact) mass is 624 g/mol. The molecular weight excluding hydrogens is 589 g/mol. The minimum Gasteiger partial charge on any atom is -0.329 e.